The van der Waals surface area contributed by atoms with Crippen LogP contribution in [0.15, 0.2) is 42.5 Å². The van der Waals surface area contributed by atoms with Crippen molar-refractivity contribution in [3.05, 3.63) is 53.6 Å². The molecule has 5 heteroatoms. The first-order valence-corrected chi connectivity index (χ1v) is 8.99. The van der Waals surface area contributed by atoms with Crippen molar-refractivity contribution in [2.24, 2.45) is 0 Å². The van der Waals surface area contributed by atoms with Gasteiger partial charge in [-0.25, -0.2) is 0 Å². The molecule has 0 saturated heterocycles. The number of rotatable bonds is 5. The summed E-state index contributed by atoms with van der Waals surface area (Å²) in [6.07, 6.45) is 3.67. The molecule has 3 rings (SSSR count). The molecule has 3 N–H and O–H groups in total. The average molecular weight is 355 g/mol. The van der Waals surface area contributed by atoms with E-state index in [1.807, 2.05) is 18.2 Å². The summed E-state index contributed by atoms with van der Waals surface area (Å²) in [4.78, 5) is 12.3. The Bertz CT molecular complexity index is 766. The third-order valence-electron chi connectivity index (χ3n) is 4.95. The van der Waals surface area contributed by atoms with Crippen LogP contribution in [0.2, 0.25) is 0 Å². The fraction of sp³-hybridized carbons (Fsp3) is 0.381. The summed E-state index contributed by atoms with van der Waals surface area (Å²) in [5.41, 5.74) is 2.76. The lowest BCUT2D eigenvalue weighted by atomic mass is 9.83. The standard InChI is InChI=1S/C21H25NO4/c1-26-20-11-14(5-10-19(20)24)12-21(25)22-17-4-2-3-16(13-17)15-6-8-18(23)9-7-15/h2-5,10-11,13,15,18,23-24H,6-9,12H2,1H3,(H,22,25). The molecule has 138 valence electrons. The molecule has 0 unspecified atom stereocenters. The quantitative estimate of drug-likeness (QED) is 0.766. The van der Waals surface area contributed by atoms with Gasteiger partial charge in [-0.2, -0.15) is 0 Å². The zero-order valence-corrected chi connectivity index (χ0v) is 14.9. The molecule has 1 fully saturated rings. The highest BCUT2D eigenvalue weighted by Crippen LogP contribution is 2.33. The molecule has 2 aromatic carbocycles. The Morgan fingerprint density at radius 3 is 2.65 bits per heavy atom. The highest BCUT2D eigenvalue weighted by Gasteiger charge is 2.21. The topological polar surface area (TPSA) is 78.8 Å². The molecule has 1 saturated carbocycles. The Balaban J connectivity index is 1.63. The van der Waals surface area contributed by atoms with Gasteiger partial charge in [-0.1, -0.05) is 18.2 Å². The van der Waals surface area contributed by atoms with Gasteiger partial charge in [0.1, 0.15) is 0 Å². The Morgan fingerprint density at radius 1 is 1.15 bits per heavy atom. The van der Waals surface area contributed by atoms with Gasteiger partial charge in [0.2, 0.25) is 5.91 Å². The van der Waals surface area contributed by atoms with E-state index in [9.17, 15) is 15.0 Å². The van der Waals surface area contributed by atoms with Crippen LogP contribution in [0.4, 0.5) is 5.69 Å². The third-order valence-corrected chi connectivity index (χ3v) is 4.95. The number of phenolic OH excluding ortho intramolecular Hbond substituents is 1. The van der Waals surface area contributed by atoms with E-state index in [1.54, 1.807) is 12.1 Å². The van der Waals surface area contributed by atoms with Crippen molar-refractivity contribution in [3.63, 3.8) is 0 Å². The number of aliphatic hydroxyl groups is 1. The Kier molecular flexibility index (Phi) is 5.78. The van der Waals surface area contributed by atoms with Gasteiger partial charge < -0.3 is 20.3 Å². The Morgan fingerprint density at radius 2 is 1.92 bits per heavy atom. The minimum Gasteiger partial charge on any atom is -0.504 e. The molecule has 0 atom stereocenters. The van der Waals surface area contributed by atoms with E-state index >= 15 is 0 Å². The van der Waals surface area contributed by atoms with Crippen molar-refractivity contribution in [1.82, 2.24) is 0 Å². The fourth-order valence-electron chi connectivity index (χ4n) is 3.50. The summed E-state index contributed by atoms with van der Waals surface area (Å²) in [5.74, 6) is 0.740. The lowest BCUT2D eigenvalue weighted by Gasteiger charge is -2.26. The molecule has 0 aliphatic heterocycles. The van der Waals surface area contributed by atoms with E-state index in [0.717, 1.165) is 36.9 Å². The summed E-state index contributed by atoms with van der Waals surface area (Å²) >= 11 is 0. The number of methoxy groups -OCH3 is 1. The van der Waals surface area contributed by atoms with Crippen molar-refractivity contribution >= 4 is 11.6 Å². The molecule has 0 aromatic heterocycles. The Hall–Kier alpha value is -2.53. The summed E-state index contributed by atoms with van der Waals surface area (Å²) in [6.45, 7) is 0. The number of phenols is 1. The van der Waals surface area contributed by atoms with Crippen molar-refractivity contribution < 1.29 is 19.7 Å². The van der Waals surface area contributed by atoms with Crippen molar-refractivity contribution in [2.45, 2.75) is 44.1 Å². The van der Waals surface area contributed by atoms with E-state index in [1.165, 1.54) is 18.7 Å². The molecule has 0 radical (unpaired) electrons. The molecule has 2 aromatic rings. The number of benzene rings is 2. The normalized spacial score (nSPS) is 19.8. The first-order chi connectivity index (χ1) is 12.5. The van der Waals surface area contributed by atoms with Gasteiger partial charge in [0.15, 0.2) is 11.5 Å². The van der Waals surface area contributed by atoms with E-state index in [-0.39, 0.29) is 24.2 Å². The zero-order valence-electron chi connectivity index (χ0n) is 14.9. The number of carbonyl (C=O) groups excluding carboxylic acids is 1. The van der Waals surface area contributed by atoms with Gasteiger partial charge in [0, 0.05) is 5.69 Å². The maximum absolute atomic E-state index is 12.3. The van der Waals surface area contributed by atoms with Crippen LogP contribution in [0.5, 0.6) is 11.5 Å². The smallest absolute Gasteiger partial charge is 0.228 e. The summed E-state index contributed by atoms with van der Waals surface area (Å²) in [6, 6.07) is 12.9. The van der Waals surface area contributed by atoms with E-state index in [2.05, 4.69) is 11.4 Å². The first-order valence-electron chi connectivity index (χ1n) is 8.99. The second-order valence-corrected chi connectivity index (χ2v) is 6.86. The van der Waals surface area contributed by atoms with E-state index in [4.69, 9.17) is 4.74 Å². The van der Waals surface area contributed by atoms with Gasteiger partial charge in [-0.3, -0.25) is 4.79 Å². The van der Waals surface area contributed by atoms with Gasteiger partial charge in [0.05, 0.1) is 19.6 Å². The SMILES string of the molecule is COc1cc(CC(=O)Nc2cccc(C3CCC(O)CC3)c2)ccc1O. The number of hydrogen-bond acceptors (Lipinski definition) is 4. The predicted molar refractivity (Wildman–Crippen MR) is 101 cm³/mol. The zero-order chi connectivity index (χ0) is 18.5. The second-order valence-electron chi connectivity index (χ2n) is 6.86. The van der Waals surface area contributed by atoms with Crippen molar-refractivity contribution in [2.75, 3.05) is 12.4 Å². The second kappa shape index (κ2) is 8.23. The molecule has 5 nitrogen and oxygen atoms in total. The number of hydrogen-bond donors (Lipinski definition) is 3. The van der Waals surface area contributed by atoms with Gasteiger partial charge in [-0.15, -0.1) is 0 Å². The average Bonchev–Trinajstić information content (AvgIpc) is 2.64. The minimum absolute atomic E-state index is 0.0574. The number of anilines is 1. The molecular weight excluding hydrogens is 330 g/mol. The van der Waals surface area contributed by atoms with Crippen LogP contribution in [0, 0.1) is 0 Å². The largest absolute Gasteiger partial charge is 0.504 e. The number of carbonyl (C=O) groups is 1. The summed E-state index contributed by atoms with van der Waals surface area (Å²) < 4.78 is 5.08. The lowest BCUT2D eigenvalue weighted by Crippen LogP contribution is -2.17. The maximum atomic E-state index is 12.3. The highest BCUT2D eigenvalue weighted by molar-refractivity contribution is 5.92. The van der Waals surface area contributed by atoms with Crippen LogP contribution in [0.3, 0.4) is 0 Å². The number of ether oxygens (including phenoxy) is 1. The van der Waals surface area contributed by atoms with Crippen LogP contribution >= 0.6 is 0 Å². The Labute approximate surface area is 153 Å². The summed E-state index contributed by atoms with van der Waals surface area (Å²) in [7, 11) is 1.48. The number of amides is 1. The van der Waals surface area contributed by atoms with Crippen LogP contribution in [-0.4, -0.2) is 29.3 Å². The lowest BCUT2D eigenvalue weighted by molar-refractivity contribution is -0.115. The molecule has 0 heterocycles. The molecule has 1 aliphatic rings. The summed E-state index contributed by atoms with van der Waals surface area (Å²) in [5, 5.41) is 22.2. The van der Waals surface area contributed by atoms with Crippen LogP contribution in [-0.2, 0) is 11.2 Å². The first kappa shape index (κ1) is 18.3. The molecule has 0 bridgehead atoms. The van der Waals surface area contributed by atoms with Gasteiger partial charge in [0.25, 0.3) is 0 Å². The third kappa shape index (κ3) is 4.55. The van der Waals surface area contributed by atoms with Crippen molar-refractivity contribution in [3.8, 4) is 11.5 Å². The molecule has 1 amide bonds. The molecule has 0 spiro atoms. The number of aromatic hydroxyl groups is 1. The van der Waals surface area contributed by atoms with Crippen LogP contribution in [0.25, 0.3) is 0 Å². The predicted octanol–water partition coefficient (Wildman–Crippen LogP) is 3.60. The minimum atomic E-state index is -0.170. The monoisotopic (exact) mass is 355 g/mol. The van der Waals surface area contributed by atoms with Crippen LogP contribution < -0.4 is 10.1 Å². The van der Waals surface area contributed by atoms with Gasteiger partial charge >= 0.3 is 0 Å². The molecule has 1 aliphatic carbocycles. The van der Waals surface area contributed by atoms with Gasteiger partial charge in [-0.05, 0) is 67.0 Å². The maximum Gasteiger partial charge on any atom is 0.228 e. The van der Waals surface area contributed by atoms with E-state index in [0.29, 0.717) is 11.7 Å². The van der Waals surface area contributed by atoms with Crippen LogP contribution in [0.1, 0.15) is 42.7 Å². The van der Waals surface area contributed by atoms with E-state index < -0.39 is 0 Å². The van der Waals surface area contributed by atoms with Crippen molar-refractivity contribution in [1.29, 1.82) is 0 Å². The molecular formula is C21H25NO4. The number of nitrogens with one attached hydrogen (secondary N) is 1. The molecule has 26 heavy (non-hydrogen) atoms. The fourth-order valence-corrected chi connectivity index (χ4v) is 3.50. The number of aliphatic hydroxyl groups excluding tert-OH is 1. The highest BCUT2D eigenvalue weighted by atomic mass is 16.5.